The van der Waals surface area contributed by atoms with E-state index < -0.39 is 5.97 Å². The molecule has 1 aliphatic heterocycles. The number of carbonyl (C=O) groups excluding carboxylic acids is 2. The minimum atomic E-state index is -0.565. The molecule has 1 aliphatic rings. The van der Waals surface area contributed by atoms with Crippen LogP contribution in [0.25, 0.3) is 16.9 Å². The van der Waals surface area contributed by atoms with Crippen molar-refractivity contribution in [1.82, 2.24) is 14.7 Å². The van der Waals surface area contributed by atoms with E-state index in [-0.39, 0.29) is 12.5 Å². The summed E-state index contributed by atoms with van der Waals surface area (Å²) in [6.07, 6.45) is 1.11. The third-order valence-corrected chi connectivity index (χ3v) is 5.54. The summed E-state index contributed by atoms with van der Waals surface area (Å²) in [6.45, 7) is 5.44. The highest BCUT2D eigenvalue weighted by atomic mass is 16.5. The molecule has 160 valence electrons. The van der Waals surface area contributed by atoms with Crippen LogP contribution in [0.15, 0.2) is 66.7 Å². The fourth-order valence-corrected chi connectivity index (χ4v) is 4.20. The highest BCUT2D eigenvalue weighted by Gasteiger charge is 2.27. The number of benzene rings is 2. The van der Waals surface area contributed by atoms with Crippen molar-refractivity contribution in [2.24, 2.45) is 11.8 Å². The van der Waals surface area contributed by atoms with Gasteiger partial charge in [0.2, 0.25) is 0 Å². The monoisotopic (exact) mass is 417 g/mol. The fourth-order valence-electron chi connectivity index (χ4n) is 4.20. The normalized spacial score (nSPS) is 18.6. The summed E-state index contributed by atoms with van der Waals surface area (Å²) in [5, 5.41) is 4.63. The van der Waals surface area contributed by atoms with Crippen LogP contribution < -0.4 is 0 Å². The summed E-state index contributed by atoms with van der Waals surface area (Å²) < 4.78 is 7.00. The number of amides is 1. The lowest BCUT2D eigenvalue weighted by atomic mass is 9.92. The Morgan fingerprint density at radius 1 is 0.968 bits per heavy atom. The molecule has 1 aromatic heterocycles. The van der Waals surface area contributed by atoms with Crippen molar-refractivity contribution in [2.45, 2.75) is 20.3 Å². The summed E-state index contributed by atoms with van der Waals surface area (Å²) in [7, 11) is 0. The number of nitrogens with zero attached hydrogens (tertiary/aromatic N) is 3. The highest BCUT2D eigenvalue weighted by Crippen LogP contribution is 2.23. The molecule has 1 saturated heterocycles. The van der Waals surface area contributed by atoms with Crippen LogP contribution in [-0.4, -0.2) is 46.3 Å². The molecule has 1 amide bonds. The van der Waals surface area contributed by atoms with Gasteiger partial charge in [-0.25, -0.2) is 9.48 Å². The van der Waals surface area contributed by atoms with Gasteiger partial charge in [0, 0.05) is 18.7 Å². The molecule has 6 heteroatoms. The average Bonchev–Trinajstić information content (AvgIpc) is 3.23. The van der Waals surface area contributed by atoms with Crippen LogP contribution in [0.1, 0.15) is 30.8 Å². The van der Waals surface area contributed by atoms with Gasteiger partial charge in [0.1, 0.15) is 0 Å². The smallest absolute Gasteiger partial charge is 0.357 e. The molecule has 2 heterocycles. The average molecular weight is 418 g/mol. The molecular weight excluding hydrogens is 390 g/mol. The van der Waals surface area contributed by atoms with Crippen molar-refractivity contribution < 1.29 is 14.3 Å². The van der Waals surface area contributed by atoms with E-state index in [4.69, 9.17) is 4.74 Å². The minimum Gasteiger partial charge on any atom is -0.451 e. The Bertz CT molecular complexity index is 1040. The first-order valence-electron chi connectivity index (χ1n) is 10.7. The van der Waals surface area contributed by atoms with Gasteiger partial charge >= 0.3 is 5.97 Å². The standard InChI is InChI=1S/C25H27N3O3/c1-18-13-19(2)16-27(15-18)24(29)17-31-25(30)23-14-22(20-9-5-3-6-10-20)26-28(23)21-11-7-4-8-12-21/h3-12,14,18-19H,13,15-17H2,1-2H3/t18-,19+. The molecule has 2 atom stereocenters. The molecule has 0 saturated carbocycles. The first-order valence-corrected chi connectivity index (χ1v) is 10.7. The Morgan fingerprint density at radius 3 is 2.23 bits per heavy atom. The lowest BCUT2D eigenvalue weighted by Gasteiger charge is -2.34. The topological polar surface area (TPSA) is 64.4 Å². The van der Waals surface area contributed by atoms with E-state index in [1.807, 2.05) is 60.7 Å². The van der Waals surface area contributed by atoms with Crippen molar-refractivity contribution in [3.05, 3.63) is 72.4 Å². The van der Waals surface area contributed by atoms with Crippen molar-refractivity contribution >= 4 is 11.9 Å². The second kappa shape index (κ2) is 9.16. The Balaban J connectivity index is 1.54. The van der Waals surface area contributed by atoms with Crippen LogP contribution in [0.4, 0.5) is 0 Å². The molecule has 0 radical (unpaired) electrons. The molecule has 0 bridgehead atoms. The van der Waals surface area contributed by atoms with Gasteiger partial charge in [0.25, 0.3) is 5.91 Å². The maximum atomic E-state index is 12.9. The fraction of sp³-hybridized carbons (Fsp3) is 0.320. The summed E-state index contributed by atoms with van der Waals surface area (Å²) in [5.41, 5.74) is 2.61. The molecule has 0 aliphatic carbocycles. The number of para-hydroxylation sites is 1. The van der Waals surface area contributed by atoms with Gasteiger partial charge < -0.3 is 9.64 Å². The van der Waals surface area contributed by atoms with E-state index in [0.29, 0.717) is 36.3 Å². The van der Waals surface area contributed by atoms with E-state index >= 15 is 0 Å². The van der Waals surface area contributed by atoms with Crippen LogP contribution in [0.2, 0.25) is 0 Å². The molecule has 6 nitrogen and oxygen atoms in total. The van der Waals surface area contributed by atoms with Crippen LogP contribution >= 0.6 is 0 Å². The lowest BCUT2D eigenvalue weighted by molar-refractivity contribution is -0.137. The van der Waals surface area contributed by atoms with Gasteiger partial charge in [0.05, 0.1) is 11.4 Å². The molecule has 0 spiro atoms. The predicted molar refractivity (Wildman–Crippen MR) is 119 cm³/mol. The largest absolute Gasteiger partial charge is 0.451 e. The van der Waals surface area contributed by atoms with Crippen LogP contribution in [0.3, 0.4) is 0 Å². The van der Waals surface area contributed by atoms with E-state index in [2.05, 4.69) is 18.9 Å². The molecule has 3 aromatic rings. The third kappa shape index (κ3) is 4.85. The highest BCUT2D eigenvalue weighted by molar-refractivity contribution is 5.91. The zero-order valence-corrected chi connectivity index (χ0v) is 17.9. The maximum Gasteiger partial charge on any atom is 0.357 e. The van der Waals surface area contributed by atoms with Crippen molar-refractivity contribution in [2.75, 3.05) is 19.7 Å². The van der Waals surface area contributed by atoms with Gasteiger partial charge in [0.15, 0.2) is 12.3 Å². The number of hydrogen-bond acceptors (Lipinski definition) is 4. The molecule has 1 fully saturated rings. The van der Waals surface area contributed by atoms with Crippen LogP contribution in [0, 0.1) is 11.8 Å². The Kier molecular flexibility index (Phi) is 6.16. The Morgan fingerprint density at radius 2 is 1.58 bits per heavy atom. The minimum absolute atomic E-state index is 0.152. The van der Waals surface area contributed by atoms with E-state index in [1.54, 1.807) is 15.6 Å². The quantitative estimate of drug-likeness (QED) is 0.584. The Labute approximate surface area is 182 Å². The number of ether oxygens (including phenoxy) is 1. The van der Waals surface area contributed by atoms with Crippen molar-refractivity contribution in [3.8, 4) is 16.9 Å². The number of likely N-dealkylation sites (tertiary alicyclic amines) is 1. The zero-order valence-electron chi connectivity index (χ0n) is 17.9. The van der Waals surface area contributed by atoms with E-state index in [9.17, 15) is 9.59 Å². The predicted octanol–water partition coefficient (Wildman–Crippen LogP) is 4.20. The number of rotatable bonds is 5. The number of esters is 1. The first-order chi connectivity index (χ1) is 15.0. The SMILES string of the molecule is C[C@@H]1C[C@H](C)CN(C(=O)COC(=O)c2cc(-c3ccccc3)nn2-c2ccccc2)C1. The molecule has 4 rings (SSSR count). The second-order valence-electron chi connectivity index (χ2n) is 8.35. The maximum absolute atomic E-state index is 12.9. The van der Waals surface area contributed by atoms with Crippen LogP contribution in [-0.2, 0) is 9.53 Å². The van der Waals surface area contributed by atoms with E-state index in [0.717, 1.165) is 17.7 Å². The van der Waals surface area contributed by atoms with Gasteiger partial charge in [-0.3, -0.25) is 4.79 Å². The number of hydrogen-bond donors (Lipinski definition) is 0. The number of carbonyl (C=O) groups is 2. The molecule has 0 N–H and O–H groups in total. The summed E-state index contributed by atoms with van der Waals surface area (Å²) in [6, 6.07) is 20.8. The van der Waals surface area contributed by atoms with Gasteiger partial charge in [-0.05, 0) is 36.5 Å². The molecule has 2 aromatic carbocycles. The van der Waals surface area contributed by atoms with Crippen molar-refractivity contribution in [1.29, 1.82) is 0 Å². The summed E-state index contributed by atoms with van der Waals surface area (Å²) in [4.78, 5) is 27.4. The van der Waals surface area contributed by atoms with Gasteiger partial charge in [-0.1, -0.05) is 62.4 Å². The van der Waals surface area contributed by atoms with Crippen molar-refractivity contribution in [3.63, 3.8) is 0 Å². The Hall–Kier alpha value is -3.41. The summed E-state index contributed by atoms with van der Waals surface area (Å²) in [5.74, 6) is 0.193. The van der Waals surface area contributed by atoms with E-state index in [1.165, 1.54) is 0 Å². The van der Waals surface area contributed by atoms with Gasteiger partial charge in [-0.15, -0.1) is 0 Å². The zero-order chi connectivity index (χ0) is 21.8. The molecule has 31 heavy (non-hydrogen) atoms. The number of aromatic nitrogens is 2. The molecular formula is C25H27N3O3. The van der Waals surface area contributed by atoms with Gasteiger partial charge in [-0.2, -0.15) is 5.10 Å². The third-order valence-electron chi connectivity index (χ3n) is 5.54. The summed E-state index contributed by atoms with van der Waals surface area (Å²) >= 11 is 0. The first kappa shape index (κ1) is 20.8. The molecule has 0 unspecified atom stereocenters. The van der Waals surface area contributed by atoms with Crippen LogP contribution in [0.5, 0.6) is 0 Å². The lowest BCUT2D eigenvalue weighted by Crippen LogP contribution is -2.44. The number of piperidine rings is 1. The second-order valence-corrected chi connectivity index (χ2v) is 8.35.